The van der Waals surface area contributed by atoms with E-state index in [1.807, 2.05) is 6.92 Å². The number of carbonyl (C=O) groups is 2. The van der Waals surface area contributed by atoms with Gasteiger partial charge in [0.2, 0.25) is 0 Å². The van der Waals surface area contributed by atoms with E-state index >= 15 is 0 Å². The van der Waals surface area contributed by atoms with Gasteiger partial charge in [-0.05, 0) is 18.6 Å². The zero-order valence-corrected chi connectivity index (χ0v) is 6.55. The minimum absolute atomic E-state index is 0.103. The number of hydrogen-bond acceptors (Lipinski definition) is 2. The minimum atomic E-state index is -0.180. The summed E-state index contributed by atoms with van der Waals surface area (Å²) in [7, 11) is 0. The molecule has 3 heteroatoms. The average molecular weight is 161 g/mol. The molecule has 0 atom stereocenters. The van der Waals surface area contributed by atoms with Gasteiger partial charge in [-0.3, -0.25) is 9.59 Å². The molecule has 0 bridgehead atoms. The first kappa shape index (κ1) is 7.03. The van der Waals surface area contributed by atoms with Crippen molar-refractivity contribution in [1.29, 1.82) is 0 Å². The van der Waals surface area contributed by atoms with Crippen LogP contribution in [0.1, 0.15) is 6.92 Å². The Hall–Kier alpha value is -1.64. The molecule has 1 aliphatic carbocycles. The van der Waals surface area contributed by atoms with Crippen molar-refractivity contribution in [3.8, 4) is 0 Å². The Kier molecular flexibility index (Phi) is 1.27. The minimum Gasteiger partial charge on any atom is -0.328 e. The highest BCUT2D eigenvalue weighted by atomic mass is 16.2. The fourth-order valence-electron chi connectivity index (χ4n) is 1.36. The molecule has 60 valence electrons. The first-order chi connectivity index (χ1) is 5.70. The van der Waals surface area contributed by atoms with Crippen molar-refractivity contribution in [1.82, 2.24) is 5.32 Å². The topological polar surface area (TPSA) is 46.2 Å². The maximum Gasteiger partial charge on any atom is 0.256 e. The van der Waals surface area contributed by atoms with Gasteiger partial charge in [0.15, 0.2) is 5.78 Å². The van der Waals surface area contributed by atoms with Crippen LogP contribution in [0.3, 0.4) is 0 Å². The molecule has 0 saturated carbocycles. The van der Waals surface area contributed by atoms with Gasteiger partial charge >= 0.3 is 0 Å². The fourth-order valence-corrected chi connectivity index (χ4v) is 1.36. The Morgan fingerprint density at radius 3 is 2.67 bits per heavy atom. The molecule has 1 N–H and O–H groups in total. The van der Waals surface area contributed by atoms with Crippen molar-refractivity contribution in [3.63, 3.8) is 0 Å². The van der Waals surface area contributed by atoms with Gasteiger partial charge in [0.05, 0.1) is 11.1 Å². The molecule has 1 heterocycles. The van der Waals surface area contributed by atoms with Gasteiger partial charge in [0, 0.05) is 6.20 Å². The van der Waals surface area contributed by atoms with E-state index in [9.17, 15) is 9.59 Å². The summed E-state index contributed by atoms with van der Waals surface area (Å²) in [6.45, 7) is 1.82. The van der Waals surface area contributed by atoms with Crippen molar-refractivity contribution in [2.24, 2.45) is 0 Å². The highest BCUT2D eigenvalue weighted by Gasteiger charge is 2.28. The summed E-state index contributed by atoms with van der Waals surface area (Å²) >= 11 is 0. The summed E-state index contributed by atoms with van der Waals surface area (Å²) in [5.41, 5.74) is 1.85. The van der Waals surface area contributed by atoms with E-state index in [0.29, 0.717) is 11.1 Å². The van der Waals surface area contributed by atoms with Crippen LogP contribution in [0.4, 0.5) is 0 Å². The van der Waals surface area contributed by atoms with E-state index in [1.165, 1.54) is 12.3 Å². The second-order valence-electron chi connectivity index (χ2n) is 2.79. The van der Waals surface area contributed by atoms with Crippen LogP contribution in [0, 0.1) is 0 Å². The molecule has 0 unspecified atom stereocenters. The van der Waals surface area contributed by atoms with Crippen LogP contribution in [-0.4, -0.2) is 11.7 Å². The first-order valence-electron chi connectivity index (χ1n) is 3.65. The lowest BCUT2D eigenvalue weighted by atomic mass is 9.94. The molecule has 0 aromatic carbocycles. The third-order valence-electron chi connectivity index (χ3n) is 1.99. The number of fused-ring (bicyclic) bond motifs is 1. The van der Waals surface area contributed by atoms with Gasteiger partial charge in [-0.15, -0.1) is 0 Å². The van der Waals surface area contributed by atoms with E-state index in [2.05, 4.69) is 5.32 Å². The van der Waals surface area contributed by atoms with Gasteiger partial charge in [-0.25, -0.2) is 0 Å². The number of rotatable bonds is 0. The maximum absolute atomic E-state index is 11.2. The SMILES string of the molecule is CC1=C2C(=O)NC=C2C(=O)C=C1. The lowest BCUT2D eigenvalue weighted by Gasteiger charge is -2.06. The van der Waals surface area contributed by atoms with Crippen molar-refractivity contribution in [3.05, 3.63) is 35.1 Å². The zero-order valence-electron chi connectivity index (χ0n) is 6.55. The lowest BCUT2D eigenvalue weighted by molar-refractivity contribution is -0.116. The maximum atomic E-state index is 11.2. The van der Waals surface area contributed by atoms with Gasteiger partial charge in [-0.2, -0.15) is 0 Å². The van der Waals surface area contributed by atoms with E-state index in [-0.39, 0.29) is 11.7 Å². The van der Waals surface area contributed by atoms with E-state index in [1.54, 1.807) is 6.08 Å². The van der Waals surface area contributed by atoms with Gasteiger partial charge in [0.25, 0.3) is 5.91 Å². The molecule has 0 aromatic rings. The third-order valence-corrected chi connectivity index (χ3v) is 1.99. The molecule has 2 aliphatic rings. The molecule has 12 heavy (non-hydrogen) atoms. The van der Waals surface area contributed by atoms with Crippen LogP contribution in [0.15, 0.2) is 35.1 Å². The van der Waals surface area contributed by atoms with Crippen LogP contribution in [-0.2, 0) is 9.59 Å². The van der Waals surface area contributed by atoms with Crippen LogP contribution in [0.25, 0.3) is 0 Å². The van der Waals surface area contributed by atoms with Crippen LogP contribution in [0.2, 0.25) is 0 Å². The highest BCUT2D eigenvalue weighted by molar-refractivity contribution is 6.20. The number of amides is 1. The van der Waals surface area contributed by atoms with Crippen molar-refractivity contribution >= 4 is 11.7 Å². The van der Waals surface area contributed by atoms with Gasteiger partial charge < -0.3 is 5.32 Å². The van der Waals surface area contributed by atoms with Crippen molar-refractivity contribution in [2.45, 2.75) is 6.92 Å². The first-order valence-corrected chi connectivity index (χ1v) is 3.65. The normalized spacial score (nSPS) is 20.9. The zero-order chi connectivity index (χ0) is 8.72. The number of allylic oxidation sites excluding steroid dienone is 3. The molecular formula is C9H7NO2. The van der Waals surface area contributed by atoms with Crippen molar-refractivity contribution < 1.29 is 9.59 Å². The Balaban J connectivity index is 2.62. The summed E-state index contributed by atoms with van der Waals surface area (Å²) in [5, 5.41) is 2.50. The Labute approximate surface area is 69.5 Å². The number of ketones is 1. The van der Waals surface area contributed by atoms with Crippen LogP contribution >= 0.6 is 0 Å². The quantitative estimate of drug-likeness (QED) is 0.560. The van der Waals surface area contributed by atoms with Crippen LogP contribution < -0.4 is 5.32 Å². The third kappa shape index (κ3) is 0.763. The smallest absolute Gasteiger partial charge is 0.256 e. The largest absolute Gasteiger partial charge is 0.328 e. The summed E-state index contributed by atoms with van der Waals surface area (Å²) in [4.78, 5) is 22.3. The molecule has 0 radical (unpaired) electrons. The van der Waals surface area contributed by atoms with Gasteiger partial charge in [0.1, 0.15) is 0 Å². The summed E-state index contributed by atoms with van der Waals surface area (Å²) in [6, 6.07) is 0. The predicted octanol–water partition coefficient (Wildman–Crippen LogP) is 0.456. The van der Waals surface area contributed by atoms with Crippen LogP contribution in [0.5, 0.6) is 0 Å². The molecule has 3 nitrogen and oxygen atoms in total. The monoisotopic (exact) mass is 161 g/mol. The Morgan fingerprint density at radius 1 is 1.25 bits per heavy atom. The molecule has 0 fully saturated rings. The molecule has 2 rings (SSSR count). The number of nitrogens with one attached hydrogen (secondary N) is 1. The molecule has 0 aromatic heterocycles. The molecule has 1 aliphatic heterocycles. The van der Waals surface area contributed by atoms with E-state index in [4.69, 9.17) is 0 Å². The molecule has 0 spiro atoms. The molecule has 1 amide bonds. The van der Waals surface area contributed by atoms with Crippen molar-refractivity contribution in [2.75, 3.05) is 0 Å². The van der Waals surface area contributed by atoms with Gasteiger partial charge in [-0.1, -0.05) is 6.08 Å². The predicted molar refractivity (Wildman–Crippen MR) is 43.1 cm³/mol. The fraction of sp³-hybridized carbons (Fsp3) is 0.111. The number of hydrogen-bond donors (Lipinski definition) is 1. The number of carbonyl (C=O) groups excluding carboxylic acids is 2. The Bertz CT molecular complexity index is 372. The lowest BCUT2D eigenvalue weighted by Crippen LogP contribution is -2.15. The van der Waals surface area contributed by atoms with E-state index in [0.717, 1.165) is 5.57 Å². The summed E-state index contributed by atoms with van der Waals surface area (Å²) in [5.74, 6) is -0.283. The second kappa shape index (κ2) is 2.17. The molecule has 0 saturated heterocycles. The summed E-state index contributed by atoms with van der Waals surface area (Å²) in [6.07, 6.45) is 4.61. The molecular weight excluding hydrogens is 154 g/mol. The highest BCUT2D eigenvalue weighted by Crippen LogP contribution is 2.25. The Morgan fingerprint density at radius 2 is 2.00 bits per heavy atom. The summed E-state index contributed by atoms with van der Waals surface area (Å²) < 4.78 is 0. The standard InChI is InChI=1S/C9H7NO2/c1-5-2-3-7(11)6-4-10-9(12)8(5)6/h2-4H,1H3,(H,10,12). The second-order valence-corrected chi connectivity index (χ2v) is 2.79. The average Bonchev–Trinajstić information content (AvgIpc) is 2.42. The van der Waals surface area contributed by atoms with E-state index < -0.39 is 0 Å².